The predicted molar refractivity (Wildman–Crippen MR) is 39.8 cm³/mol. The van der Waals surface area contributed by atoms with Gasteiger partial charge in [0.25, 0.3) is 0 Å². The summed E-state index contributed by atoms with van der Waals surface area (Å²) >= 11 is 0. The van der Waals surface area contributed by atoms with Crippen molar-refractivity contribution >= 4 is 0 Å². The van der Waals surface area contributed by atoms with Crippen LogP contribution in [-0.2, 0) is 4.74 Å². The largest absolute Gasteiger partial charge is 0.392 e. The van der Waals surface area contributed by atoms with Crippen molar-refractivity contribution in [1.82, 2.24) is 0 Å². The van der Waals surface area contributed by atoms with E-state index in [4.69, 9.17) is 9.84 Å². The van der Waals surface area contributed by atoms with Crippen LogP contribution in [0.3, 0.4) is 0 Å². The second-order valence-electron chi connectivity index (χ2n) is 2.65. The summed E-state index contributed by atoms with van der Waals surface area (Å²) in [6, 6.07) is 0. The Balaban J connectivity index is 2.51. The van der Waals surface area contributed by atoms with E-state index in [0.29, 0.717) is 0 Å². The maximum atomic E-state index is 8.79. The molecule has 1 rings (SSSR count). The maximum absolute atomic E-state index is 8.79. The number of ether oxygens (including phenoxy) is 1. The summed E-state index contributed by atoms with van der Waals surface area (Å²) in [6.07, 6.45) is 2.01. The molecule has 1 aliphatic rings. The lowest BCUT2D eigenvalue weighted by Gasteiger charge is -2.16. The number of hydrogen-bond acceptors (Lipinski definition) is 2. The zero-order valence-electron chi connectivity index (χ0n) is 6.39. The van der Waals surface area contributed by atoms with E-state index >= 15 is 0 Å². The molecule has 0 atom stereocenters. The minimum absolute atomic E-state index is 0.204. The summed E-state index contributed by atoms with van der Waals surface area (Å²) in [5, 5.41) is 8.79. The fraction of sp³-hybridized carbons (Fsp3) is 0.750. The highest BCUT2D eigenvalue weighted by Crippen LogP contribution is 2.16. The van der Waals surface area contributed by atoms with Gasteiger partial charge in [-0.3, -0.25) is 0 Å². The van der Waals surface area contributed by atoms with Gasteiger partial charge in [0.1, 0.15) is 0 Å². The van der Waals surface area contributed by atoms with Crippen molar-refractivity contribution in [2.45, 2.75) is 19.8 Å². The molecule has 58 valence electrons. The van der Waals surface area contributed by atoms with Crippen LogP contribution in [0.5, 0.6) is 0 Å². The first-order chi connectivity index (χ1) is 4.84. The fourth-order valence-corrected chi connectivity index (χ4v) is 1.16. The van der Waals surface area contributed by atoms with Gasteiger partial charge < -0.3 is 9.84 Å². The number of hydrogen-bond donors (Lipinski definition) is 1. The molecule has 2 nitrogen and oxygen atoms in total. The van der Waals surface area contributed by atoms with Gasteiger partial charge in [0.05, 0.1) is 19.8 Å². The zero-order chi connectivity index (χ0) is 7.40. The molecule has 10 heavy (non-hydrogen) atoms. The average Bonchev–Trinajstić information content (AvgIpc) is 2.05. The van der Waals surface area contributed by atoms with Gasteiger partial charge in [-0.15, -0.1) is 0 Å². The lowest BCUT2D eigenvalue weighted by Crippen LogP contribution is -2.09. The summed E-state index contributed by atoms with van der Waals surface area (Å²) in [6.45, 7) is 3.84. The third-order valence-electron chi connectivity index (χ3n) is 1.94. The Morgan fingerprint density at radius 2 is 2.10 bits per heavy atom. The molecule has 0 aliphatic carbocycles. The SMILES string of the molecule is CC(CO)=C1CCOCC1. The summed E-state index contributed by atoms with van der Waals surface area (Å²) in [5.74, 6) is 0. The molecule has 0 radical (unpaired) electrons. The Morgan fingerprint density at radius 1 is 1.50 bits per heavy atom. The van der Waals surface area contributed by atoms with E-state index < -0.39 is 0 Å². The van der Waals surface area contributed by atoms with Crippen LogP contribution in [0.25, 0.3) is 0 Å². The van der Waals surface area contributed by atoms with Crippen LogP contribution in [0.4, 0.5) is 0 Å². The third kappa shape index (κ3) is 1.82. The van der Waals surface area contributed by atoms with E-state index in [9.17, 15) is 0 Å². The van der Waals surface area contributed by atoms with E-state index in [0.717, 1.165) is 31.6 Å². The molecule has 0 aromatic carbocycles. The van der Waals surface area contributed by atoms with Gasteiger partial charge in [-0.25, -0.2) is 0 Å². The zero-order valence-corrected chi connectivity index (χ0v) is 6.39. The highest BCUT2D eigenvalue weighted by atomic mass is 16.5. The Bertz CT molecular complexity index is 130. The van der Waals surface area contributed by atoms with Gasteiger partial charge in [-0.1, -0.05) is 5.57 Å². The molecule has 0 spiro atoms. The van der Waals surface area contributed by atoms with Crippen molar-refractivity contribution in [3.8, 4) is 0 Å². The molecule has 0 aromatic rings. The first kappa shape index (κ1) is 7.76. The van der Waals surface area contributed by atoms with Crippen molar-refractivity contribution < 1.29 is 9.84 Å². The van der Waals surface area contributed by atoms with E-state index in [2.05, 4.69) is 0 Å². The second-order valence-corrected chi connectivity index (χ2v) is 2.65. The van der Waals surface area contributed by atoms with Crippen LogP contribution in [0.1, 0.15) is 19.8 Å². The van der Waals surface area contributed by atoms with Crippen LogP contribution in [0.15, 0.2) is 11.1 Å². The number of rotatable bonds is 1. The molecular weight excluding hydrogens is 128 g/mol. The molecule has 0 bridgehead atoms. The summed E-state index contributed by atoms with van der Waals surface area (Å²) in [4.78, 5) is 0. The Kier molecular flexibility index (Phi) is 2.90. The first-order valence-electron chi connectivity index (χ1n) is 3.70. The second kappa shape index (κ2) is 3.74. The Labute approximate surface area is 61.5 Å². The van der Waals surface area contributed by atoms with Crippen LogP contribution >= 0.6 is 0 Å². The standard InChI is InChI=1S/C8H14O2/c1-7(6-9)8-2-4-10-5-3-8/h9H,2-6H2,1H3. The van der Waals surface area contributed by atoms with E-state index in [1.54, 1.807) is 0 Å². The van der Waals surface area contributed by atoms with Crippen molar-refractivity contribution in [1.29, 1.82) is 0 Å². The maximum Gasteiger partial charge on any atom is 0.0641 e. The smallest absolute Gasteiger partial charge is 0.0641 e. The summed E-state index contributed by atoms with van der Waals surface area (Å²) < 4.78 is 5.18. The first-order valence-corrected chi connectivity index (χ1v) is 3.70. The topological polar surface area (TPSA) is 29.5 Å². The van der Waals surface area contributed by atoms with Crippen molar-refractivity contribution in [2.24, 2.45) is 0 Å². The van der Waals surface area contributed by atoms with Gasteiger partial charge in [0.15, 0.2) is 0 Å². The third-order valence-corrected chi connectivity index (χ3v) is 1.94. The van der Waals surface area contributed by atoms with Crippen LogP contribution in [0, 0.1) is 0 Å². The normalized spacial score (nSPS) is 19.2. The highest BCUT2D eigenvalue weighted by molar-refractivity contribution is 5.13. The van der Waals surface area contributed by atoms with E-state index in [-0.39, 0.29) is 6.61 Å². The molecule has 0 amide bonds. The number of aliphatic hydroxyl groups is 1. The summed E-state index contributed by atoms with van der Waals surface area (Å²) in [5.41, 5.74) is 2.51. The van der Waals surface area contributed by atoms with Crippen molar-refractivity contribution in [3.63, 3.8) is 0 Å². The minimum Gasteiger partial charge on any atom is -0.392 e. The Morgan fingerprint density at radius 3 is 2.60 bits per heavy atom. The van der Waals surface area contributed by atoms with Crippen molar-refractivity contribution in [3.05, 3.63) is 11.1 Å². The quantitative estimate of drug-likeness (QED) is 0.556. The molecular formula is C8H14O2. The van der Waals surface area contributed by atoms with Crippen LogP contribution < -0.4 is 0 Å². The molecule has 1 aliphatic heterocycles. The van der Waals surface area contributed by atoms with Gasteiger partial charge in [-0.2, -0.15) is 0 Å². The van der Waals surface area contributed by atoms with E-state index in [1.165, 1.54) is 5.57 Å². The van der Waals surface area contributed by atoms with Crippen LogP contribution in [-0.4, -0.2) is 24.9 Å². The molecule has 1 fully saturated rings. The lowest BCUT2D eigenvalue weighted by molar-refractivity contribution is 0.118. The summed E-state index contributed by atoms with van der Waals surface area (Å²) in [7, 11) is 0. The molecule has 0 saturated carbocycles. The number of aliphatic hydroxyl groups excluding tert-OH is 1. The van der Waals surface area contributed by atoms with Gasteiger partial charge >= 0.3 is 0 Å². The fourth-order valence-electron chi connectivity index (χ4n) is 1.16. The lowest BCUT2D eigenvalue weighted by atomic mass is 10.0. The van der Waals surface area contributed by atoms with E-state index in [1.807, 2.05) is 6.92 Å². The molecule has 1 saturated heterocycles. The van der Waals surface area contributed by atoms with Gasteiger partial charge in [0.2, 0.25) is 0 Å². The van der Waals surface area contributed by atoms with Gasteiger partial charge in [-0.05, 0) is 25.3 Å². The van der Waals surface area contributed by atoms with Gasteiger partial charge in [0, 0.05) is 0 Å². The predicted octanol–water partition coefficient (Wildman–Crippen LogP) is 1.11. The molecule has 2 heteroatoms. The highest BCUT2D eigenvalue weighted by Gasteiger charge is 2.07. The average molecular weight is 142 g/mol. The minimum atomic E-state index is 0.204. The molecule has 1 heterocycles. The molecule has 1 N–H and O–H groups in total. The molecule has 0 unspecified atom stereocenters. The van der Waals surface area contributed by atoms with Crippen LogP contribution in [0.2, 0.25) is 0 Å². The monoisotopic (exact) mass is 142 g/mol. The Hall–Kier alpha value is -0.340. The van der Waals surface area contributed by atoms with Crippen molar-refractivity contribution in [2.75, 3.05) is 19.8 Å². The molecule has 0 aromatic heterocycles.